The van der Waals surface area contributed by atoms with E-state index in [4.69, 9.17) is 9.72 Å². The van der Waals surface area contributed by atoms with E-state index in [1.807, 2.05) is 49.4 Å². The Morgan fingerprint density at radius 2 is 2.06 bits per heavy atom. The van der Waals surface area contributed by atoms with Crippen LogP contribution in [0.25, 0.3) is 27.1 Å². The van der Waals surface area contributed by atoms with Gasteiger partial charge < -0.3 is 4.74 Å². The first-order chi connectivity index (χ1) is 16.1. The summed E-state index contributed by atoms with van der Waals surface area (Å²) in [5.41, 5.74) is 3.56. The molecule has 9 heteroatoms. The van der Waals surface area contributed by atoms with Crippen LogP contribution in [-0.4, -0.2) is 37.7 Å². The zero-order chi connectivity index (χ0) is 22.5. The molecule has 5 aromatic rings. The van der Waals surface area contributed by atoms with E-state index in [2.05, 4.69) is 20.4 Å². The van der Waals surface area contributed by atoms with Crippen molar-refractivity contribution in [3.8, 4) is 11.6 Å². The fourth-order valence-electron chi connectivity index (χ4n) is 4.02. The van der Waals surface area contributed by atoms with Crippen LogP contribution in [0.4, 0.5) is 5.13 Å². The van der Waals surface area contributed by atoms with Gasteiger partial charge in [0.2, 0.25) is 0 Å². The van der Waals surface area contributed by atoms with Crippen molar-refractivity contribution in [1.29, 1.82) is 0 Å². The number of aryl methyl sites for hydroxylation is 1. The maximum Gasteiger partial charge on any atom is 0.258 e. The predicted molar refractivity (Wildman–Crippen MR) is 127 cm³/mol. The van der Waals surface area contributed by atoms with E-state index in [1.165, 1.54) is 11.3 Å². The number of anilines is 1. The summed E-state index contributed by atoms with van der Waals surface area (Å²) in [6, 6.07) is 13.3. The summed E-state index contributed by atoms with van der Waals surface area (Å²) in [7, 11) is 1.61. The van der Waals surface area contributed by atoms with Crippen LogP contribution in [0.15, 0.2) is 48.7 Å². The predicted octanol–water partition coefficient (Wildman–Crippen LogP) is 4.87. The number of nitrogens with one attached hydrogen (secondary N) is 1. The molecule has 0 bridgehead atoms. The summed E-state index contributed by atoms with van der Waals surface area (Å²) in [5, 5.41) is 8.90. The molecule has 33 heavy (non-hydrogen) atoms. The SMILES string of the molecule is COc1cccc2sc(NC(=O)c3cc(C4CC4)nc4c3c(C)nn4-c3ccccn3)nc12. The molecule has 0 unspecified atom stereocenters. The lowest BCUT2D eigenvalue weighted by Gasteiger charge is -2.08. The van der Waals surface area contributed by atoms with Crippen molar-refractivity contribution in [2.75, 3.05) is 12.4 Å². The summed E-state index contributed by atoms with van der Waals surface area (Å²) < 4.78 is 8.07. The van der Waals surface area contributed by atoms with E-state index in [0.717, 1.165) is 39.8 Å². The second kappa shape index (κ2) is 7.63. The van der Waals surface area contributed by atoms with Gasteiger partial charge in [0.1, 0.15) is 11.3 Å². The van der Waals surface area contributed by atoms with Crippen molar-refractivity contribution in [2.24, 2.45) is 0 Å². The third kappa shape index (κ3) is 3.41. The molecule has 1 N–H and O–H groups in total. The van der Waals surface area contributed by atoms with Crippen molar-refractivity contribution in [2.45, 2.75) is 25.7 Å². The minimum atomic E-state index is -0.231. The molecule has 1 aliphatic carbocycles. The molecule has 0 aliphatic heterocycles. The number of carbonyl (C=O) groups excluding carboxylic acids is 1. The van der Waals surface area contributed by atoms with Gasteiger partial charge in [0.05, 0.1) is 28.5 Å². The molecule has 0 saturated heterocycles. The Hall–Kier alpha value is -3.85. The van der Waals surface area contributed by atoms with Gasteiger partial charge in [-0.2, -0.15) is 9.78 Å². The molecular weight excluding hydrogens is 436 g/mol. The summed E-state index contributed by atoms with van der Waals surface area (Å²) in [6.07, 6.45) is 3.87. The van der Waals surface area contributed by atoms with E-state index in [0.29, 0.717) is 33.8 Å². The zero-order valence-electron chi connectivity index (χ0n) is 18.1. The second-order valence-corrected chi connectivity index (χ2v) is 9.06. The number of carbonyl (C=O) groups is 1. The van der Waals surface area contributed by atoms with Crippen molar-refractivity contribution in [3.63, 3.8) is 0 Å². The maximum absolute atomic E-state index is 13.5. The van der Waals surface area contributed by atoms with Crippen LogP contribution < -0.4 is 10.1 Å². The molecule has 1 aliphatic rings. The highest BCUT2D eigenvalue weighted by molar-refractivity contribution is 7.22. The number of thiazole rings is 1. The van der Waals surface area contributed by atoms with Crippen LogP contribution in [0, 0.1) is 6.92 Å². The van der Waals surface area contributed by atoms with Crippen molar-refractivity contribution < 1.29 is 9.53 Å². The largest absolute Gasteiger partial charge is 0.494 e. The molecule has 1 amide bonds. The Balaban J connectivity index is 1.46. The van der Waals surface area contributed by atoms with Gasteiger partial charge in [-0.25, -0.2) is 15.0 Å². The van der Waals surface area contributed by atoms with E-state index in [9.17, 15) is 4.79 Å². The quantitative estimate of drug-likeness (QED) is 0.405. The first-order valence-corrected chi connectivity index (χ1v) is 11.5. The monoisotopic (exact) mass is 456 g/mol. The number of hydrogen-bond donors (Lipinski definition) is 1. The van der Waals surface area contributed by atoms with Gasteiger partial charge in [-0.3, -0.25) is 10.1 Å². The van der Waals surface area contributed by atoms with Crippen molar-refractivity contribution in [3.05, 3.63) is 65.6 Å². The molecule has 8 nitrogen and oxygen atoms in total. The zero-order valence-corrected chi connectivity index (χ0v) is 18.9. The van der Waals surface area contributed by atoms with Gasteiger partial charge >= 0.3 is 0 Å². The first-order valence-electron chi connectivity index (χ1n) is 10.7. The molecule has 4 aromatic heterocycles. The minimum absolute atomic E-state index is 0.231. The van der Waals surface area contributed by atoms with Gasteiger partial charge in [-0.1, -0.05) is 23.5 Å². The molecule has 6 rings (SSSR count). The van der Waals surface area contributed by atoms with Crippen LogP contribution in [0.5, 0.6) is 5.75 Å². The fourth-order valence-corrected chi connectivity index (χ4v) is 4.90. The highest BCUT2D eigenvalue weighted by Crippen LogP contribution is 2.41. The third-order valence-electron chi connectivity index (χ3n) is 5.76. The lowest BCUT2D eigenvalue weighted by Crippen LogP contribution is -2.13. The molecule has 1 aromatic carbocycles. The normalized spacial score (nSPS) is 13.5. The average Bonchev–Trinajstić information content (AvgIpc) is 3.53. The van der Waals surface area contributed by atoms with Gasteiger partial charge in [-0.15, -0.1) is 0 Å². The van der Waals surface area contributed by atoms with Crippen LogP contribution in [0.2, 0.25) is 0 Å². The lowest BCUT2D eigenvalue weighted by atomic mass is 10.1. The van der Waals surface area contributed by atoms with Crippen molar-refractivity contribution >= 4 is 43.6 Å². The Kier molecular flexibility index (Phi) is 4.58. The number of fused-ring (bicyclic) bond motifs is 2. The Bertz CT molecular complexity index is 1520. The smallest absolute Gasteiger partial charge is 0.258 e. The van der Waals surface area contributed by atoms with Gasteiger partial charge in [0.25, 0.3) is 5.91 Å². The number of amides is 1. The molecule has 0 spiro atoms. The minimum Gasteiger partial charge on any atom is -0.494 e. The van der Waals surface area contributed by atoms with Crippen LogP contribution in [-0.2, 0) is 0 Å². The van der Waals surface area contributed by atoms with Crippen LogP contribution in [0.1, 0.15) is 40.5 Å². The number of ether oxygens (including phenoxy) is 1. The van der Waals surface area contributed by atoms with Crippen molar-refractivity contribution in [1.82, 2.24) is 24.7 Å². The molecule has 0 atom stereocenters. The molecule has 1 saturated carbocycles. The van der Waals surface area contributed by atoms with Crippen LogP contribution >= 0.6 is 11.3 Å². The van der Waals surface area contributed by atoms with Crippen LogP contribution in [0.3, 0.4) is 0 Å². The maximum atomic E-state index is 13.5. The number of methoxy groups -OCH3 is 1. The van der Waals surface area contributed by atoms with Gasteiger partial charge in [-0.05, 0) is 50.1 Å². The number of para-hydroxylation sites is 1. The number of nitrogens with zero attached hydrogens (tertiary/aromatic N) is 5. The number of pyridine rings is 2. The number of hydrogen-bond acceptors (Lipinski definition) is 7. The number of benzene rings is 1. The molecular formula is C24H20N6O2S. The molecule has 1 fully saturated rings. The first kappa shape index (κ1) is 19.8. The molecule has 0 radical (unpaired) electrons. The van der Waals surface area contributed by atoms with E-state index < -0.39 is 0 Å². The Labute approximate surface area is 193 Å². The van der Waals surface area contributed by atoms with Gasteiger partial charge in [0.15, 0.2) is 16.6 Å². The third-order valence-corrected chi connectivity index (χ3v) is 6.70. The lowest BCUT2D eigenvalue weighted by molar-refractivity contribution is 0.102. The summed E-state index contributed by atoms with van der Waals surface area (Å²) in [4.78, 5) is 27.4. The van der Waals surface area contributed by atoms with Gasteiger partial charge in [0, 0.05) is 17.8 Å². The van der Waals surface area contributed by atoms with E-state index in [-0.39, 0.29) is 5.91 Å². The fraction of sp³-hybridized carbons (Fsp3) is 0.208. The van der Waals surface area contributed by atoms with E-state index >= 15 is 0 Å². The highest BCUT2D eigenvalue weighted by atomic mass is 32.1. The number of rotatable bonds is 5. The standard InChI is InChI=1S/C24H20N6O2S/c1-13-20-15(23(31)28-24-27-21-17(32-2)6-5-7-18(21)33-24)12-16(14-9-10-14)26-22(20)30(29-13)19-8-3-4-11-25-19/h3-8,11-12,14H,9-10H2,1-2H3,(H,27,28,31). The average molecular weight is 457 g/mol. The molecule has 4 heterocycles. The summed E-state index contributed by atoms with van der Waals surface area (Å²) in [5.74, 6) is 1.49. The topological polar surface area (TPSA) is 94.8 Å². The summed E-state index contributed by atoms with van der Waals surface area (Å²) >= 11 is 1.41. The Morgan fingerprint density at radius 3 is 2.82 bits per heavy atom. The highest BCUT2D eigenvalue weighted by Gasteiger charge is 2.29. The second-order valence-electron chi connectivity index (χ2n) is 8.03. The Morgan fingerprint density at radius 1 is 1.18 bits per heavy atom. The van der Waals surface area contributed by atoms with E-state index in [1.54, 1.807) is 18.0 Å². The molecule has 164 valence electrons. The summed E-state index contributed by atoms with van der Waals surface area (Å²) in [6.45, 7) is 1.89. The number of aromatic nitrogens is 5.